The second kappa shape index (κ2) is 6.42. The van der Waals surface area contributed by atoms with Crippen molar-refractivity contribution in [3.63, 3.8) is 0 Å². The van der Waals surface area contributed by atoms with Crippen molar-refractivity contribution >= 4 is 5.82 Å². The number of hydrogen-bond donors (Lipinski definition) is 1. The van der Waals surface area contributed by atoms with E-state index in [1.165, 1.54) is 12.3 Å². The SMILES string of the molecule is CC1[C@H]2[C@@H](C[C@@H]1F)[C@@H]2c1cc(-c2cnc(N)c(OC(F)F)c2)nn1C(C)C. The molecule has 0 spiro atoms. The highest BCUT2D eigenvalue weighted by molar-refractivity contribution is 5.64. The molecule has 0 amide bonds. The average Bonchev–Trinajstić information content (AvgIpc) is 2.96. The number of halogens is 3. The molecule has 5 nitrogen and oxygen atoms in total. The molecule has 2 aliphatic rings. The van der Waals surface area contributed by atoms with E-state index in [2.05, 4.69) is 14.8 Å². The highest BCUT2D eigenvalue weighted by Crippen LogP contribution is 2.66. The van der Waals surface area contributed by atoms with Crippen LogP contribution in [-0.4, -0.2) is 27.5 Å². The van der Waals surface area contributed by atoms with Gasteiger partial charge in [0.2, 0.25) is 0 Å². The van der Waals surface area contributed by atoms with Gasteiger partial charge in [-0.1, -0.05) is 6.92 Å². The van der Waals surface area contributed by atoms with Gasteiger partial charge in [0.05, 0.1) is 5.69 Å². The Hall–Kier alpha value is -2.25. The summed E-state index contributed by atoms with van der Waals surface area (Å²) in [4.78, 5) is 3.95. The number of pyridine rings is 1. The van der Waals surface area contributed by atoms with E-state index in [1.54, 1.807) is 0 Å². The van der Waals surface area contributed by atoms with Gasteiger partial charge in [-0.2, -0.15) is 13.9 Å². The second-order valence-electron chi connectivity index (χ2n) is 7.86. The van der Waals surface area contributed by atoms with Gasteiger partial charge in [-0.3, -0.25) is 4.68 Å². The summed E-state index contributed by atoms with van der Waals surface area (Å²) in [6.07, 6.45) is 1.38. The maximum atomic E-state index is 13.9. The zero-order valence-electron chi connectivity index (χ0n) is 15.4. The van der Waals surface area contributed by atoms with E-state index >= 15 is 0 Å². The molecule has 2 N–H and O–H groups in total. The molecule has 146 valence electrons. The molecule has 8 heteroatoms. The van der Waals surface area contributed by atoms with Crippen molar-refractivity contribution in [2.24, 2.45) is 17.8 Å². The van der Waals surface area contributed by atoms with Gasteiger partial charge in [0.25, 0.3) is 0 Å². The molecule has 27 heavy (non-hydrogen) atoms. The van der Waals surface area contributed by atoms with Crippen LogP contribution in [0.3, 0.4) is 0 Å². The lowest BCUT2D eigenvalue weighted by Crippen LogP contribution is -2.14. The van der Waals surface area contributed by atoms with Crippen molar-refractivity contribution in [1.82, 2.24) is 14.8 Å². The van der Waals surface area contributed by atoms with Crippen LogP contribution in [0.1, 0.15) is 44.8 Å². The fourth-order valence-corrected chi connectivity index (χ4v) is 4.55. The quantitative estimate of drug-likeness (QED) is 0.834. The Labute approximate surface area is 155 Å². The molecule has 0 aromatic carbocycles. The summed E-state index contributed by atoms with van der Waals surface area (Å²) in [5.74, 6) is 0.809. The number of nitrogens with zero attached hydrogens (tertiary/aromatic N) is 3. The van der Waals surface area contributed by atoms with E-state index < -0.39 is 12.8 Å². The molecule has 1 unspecified atom stereocenters. The van der Waals surface area contributed by atoms with Crippen LogP contribution in [-0.2, 0) is 0 Å². The molecule has 2 heterocycles. The van der Waals surface area contributed by atoms with Gasteiger partial charge in [-0.25, -0.2) is 9.37 Å². The van der Waals surface area contributed by atoms with Crippen LogP contribution < -0.4 is 10.5 Å². The molecule has 0 saturated heterocycles. The molecule has 2 aliphatic carbocycles. The number of aromatic nitrogens is 3. The van der Waals surface area contributed by atoms with Crippen LogP contribution in [0.5, 0.6) is 5.75 Å². The molecular formula is C19H23F3N4O. The minimum Gasteiger partial charge on any atom is -0.431 e. The third-order valence-electron chi connectivity index (χ3n) is 5.89. The van der Waals surface area contributed by atoms with Gasteiger partial charge >= 0.3 is 6.61 Å². The summed E-state index contributed by atoms with van der Waals surface area (Å²) in [7, 11) is 0. The fraction of sp³-hybridized carbons (Fsp3) is 0.579. The first-order chi connectivity index (χ1) is 12.8. The highest BCUT2D eigenvalue weighted by atomic mass is 19.3. The van der Waals surface area contributed by atoms with Gasteiger partial charge in [0.15, 0.2) is 11.6 Å². The molecule has 0 bridgehead atoms. The Morgan fingerprint density at radius 2 is 2.04 bits per heavy atom. The summed E-state index contributed by atoms with van der Waals surface area (Å²) in [6.45, 7) is 3.07. The van der Waals surface area contributed by atoms with Crippen LogP contribution in [0.15, 0.2) is 18.3 Å². The van der Waals surface area contributed by atoms with E-state index in [9.17, 15) is 13.2 Å². The first-order valence-corrected chi connectivity index (χ1v) is 9.22. The first-order valence-electron chi connectivity index (χ1n) is 9.22. The molecule has 2 aromatic rings. The van der Waals surface area contributed by atoms with Crippen LogP contribution in [0, 0.1) is 17.8 Å². The zero-order valence-corrected chi connectivity index (χ0v) is 15.4. The summed E-state index contributed by atoms with van der Waals surface area (Å²) in [5.41, 5.74) is 7.87. The third kappa shape index (κ3) is 3.04. The van der Waals surface area contributed by atoms with Gasteiger partial charge in [-0.05, 0) is 50.2 Å². The predicted octanol–water partition coefficient (Wildman–Crippen LogP) is 4.42. The number of alkyl halides is 3. The van der Waals surface area contributed by atoms with E-state index in [4.69, 9.17) is 5.73 Å². The van der Waals surface area contributed by atoms with Crippen molar-refractivity contribution < 1.29 is 17.9 Å². The third-order valence-corrected chi connectivity index (χ3v) is 5.89. The Morgan fingerprint density at radius 1 is 1.30 bits per heavy atom. The highest BCUT2D eigenvalue weighted by Gasteiger charge is 2.62. The molecule has 0 radical (unpaired) electrons. The molecule has 2 saturated carbocycles. The fourth-order valence-electron chi connectivity index (χ4n) is 4.55. The Morgan fingerprint density at radius 3 is 2.63 bits per heavy atom. The summed E-state index contributed by atoms with van der Waals surface area (Å²) >= 11 is 0. The number of anilines is 1. The Balaban J connectivity index is 1.68. The Kier molecular flexibility index (Phi) is 4.31. The zero-order chi connectivity index (χ0) is 19.5. The van der Waals surface area contributed by atoms with Gasteiger partial charge in [0, 0.05) is 29.4 Å². The summed E-state index contributed by atoms with van der Waals surface area (Å²) in [5, 5.41) is 4.66. The first kappa shape index (κ1) is 18.1. The van der Waals surface area contributed by atoms with Crippen molar-refractivity contribution in [1.29, 1.82) is 0 Å². The largest absolute Gasteiger partial charge is 0.431 e. The van der Waals surface area contributed by atoms with E-state index in [1.807, 2.05) is 31.5 Å². The normalized spacial score (nSPS) is 29.4. The standard InChI is InChI=1S/C19H23F3N4O/c1-8(2)26-14(17-11-5-12(20)9(3)16(11)17)6-13(25-26)10-4-15(27-19(21)22)18(23)24-7-10/h4,6-9,11-12,16-17,19H,5H2,1-3H3,(H2,23,24)/t9?,11-,12+,16+,17-/m1/s1. The van der Waals surface area contributed by atoms with Crippen LogP contribution in [0.25, 0.3) is 11.3 Å². The van der Waals surface area contributed by atoms with Crippen LogP contribution in [0.4, 0.5) is 19.0 Å². The van der Waals surface area contributed by atoms with Crippen molar-refractivity contribution in [3.8, 4) is 17.0 Å². The monoisotopic (exact) mass is 380 g/mol. The summed E-state index contributed by atoms with van der Waals surface area (Å²) in [6, 6.07) is 3.52. The maximum Gasteiger partial charge on any atom is 0.387 e. The Bertz CT molecular complexity index is 853. The lowest BCUT2D eigenvalue weighted by molar-refractivity contribution is -0.0494. The van der Waals surface area contributed by atoms with E-state index in [0.717, 1.165) is 5.69 Å². The minimum atomic E-state index is -2.98. The number of rotatable bonds is 5. The molecule has 2 fully saturated rings. The summed E-state index contributed by atoms with van der Waals surface area (Å²) < 4.78 is 45.4. The van der Waals surface area contributed by atoms with Crippen molar-refractivity contribution in [2.45, 2.75) is 51.9 Å². The van der Waals surface area contributed by atoms with Crippen LogP contribution >= 0.6 is 0 Å². The van der Waals surface area contributed by atoms with Crippen LogP contribution in [0.2, 0.25) is 0 Å². The molecule has 4 rings (SSSR count). The van der Waals surface area contributed by atoms with Gasteiger partial charge in [0.1, 0.15) is 6.17 Å². The average molecular weight is 380 g/mol. The van der Waals surface area contributed by atoms with E-state index in [0.29, 0.717) is 35.4 Å². The van der Waals surface area contributed by atoms with E-state index in [-0.39, 0.29) is 23.5 Å². The number of nitrogen functional groups attached to an aromatic ring is 1. The maximum absolute atomic E-state index is 13.9. The van der Waals surface area contributed by atoms with Crippen molar-refractivity contribution in [2.75, 3.05) is 5.73 Å². The van der Waals surface area contributed by atoms with Gasteiger partial charge in [-0.15, -0.1) is 0 Å². The van der Waals surface area contributed by atoms with Crippen molar-refractivity contribution in [3.05, 3.63) is 24.0 Å². The lowest BCUT2D eigenvalue weighted by atomic mass is 9.98. The molecule has 0 aliphatic heterocycles. The smallest absolute Gasteiger partial charge is 0.387 e. The number of nitrogens with two attached hydrogens (primary N) is 1. The van der Waals surface area contributed by atoms with Gasteiger partial charge < -0.3 is 10.5 Å². The number of ether oxygens (including phenoxy) is 1. The number of fused-ring (bicyclic) bond motifs is 1. The second-order valence-corrected chi connectivity index (χ2v) is 7.86. The number of hydrogen-bond acceptors (Lipinski definition) is 4. The topological polar surface area (TPSA) is 66.0 Å². The lowest BCUT2D eigenvalue weighted by Gasteiger charge is -2.16. The predicted molar refractivity (Wildman–Crippen MR) is 95.3 cm³/mol. The minimum absolute atomic E-state index is 0.0585. The molecule has 5 atom stereocenters. The molecular weight excluding hydrogens is 357 g/mol. The molecule has 2 aromatic heterocycles.